The summed E-state index contributed by atoms with van der Waals surface area (Å²) < 4.78 is 44.8. The molecule has 7 nitrogen and oxygen atoms in total. The topological polar surface area (TPSA) is 103 Å². The summed E-state index contributed by atoms with van der Waals surface area (Å²) in [6.07, 6.45) is 0.824. The van der Waals surface area contributed by atoms with E-state index in [1.165, 1.54) is 24.3 Å². The lowest BCUT2D eigenvalue weighted by Gasteiger charge is -2.15. The van der Waals surface area contributed by atoms with Crippen molar-refractivity contribution in [3.8, 4) is 22.7 Å². The number of benzene rings is 3. The van der Waals surface area contributed by atoms with Crippen molar-refractivity contribution < 1.29 is 32.2 Å². The molecule has 0 radical (unpaired) electrons. The molecule has 1 heterocycles. The summed E-state index contributed by atoms with van der Waals surface area (Å²) in [6, 6.07) is 22.4. The predicted molar refractivity (Wildman–Crippen MR) is 141 cm³/mol. The molecule has 0 fully saturated rings. The zero-order valence-corrected chi connectivity index (χ0v) is 21.6. The number of sulfone groups is 1. The first-order valence-corrected chi connectivity index (χ1v) is 13.6. The van der Waals surface area contributed by atoms with Gasteiger partial charge in [-0.2, -0.15) is 0 Å². The van der Waals surface area contributed by atoms with Crippen LogP contribution in [0, 0.1) is 12.7 Å². The number of halogens is 1. The van der Waals surface area contributed by atoms with Gasteiger partial charge in [-0.15, -0.1) is 0 Å². The van der Waals surface area contributed by atoms with Crippen LogP contribution in [0.15, 0.2) is 89.8 Å². The van der Waals surface area contributed by atoms with Crippen LogP contribution in [0.4, 0.5) is 4.39 Å². The first-order chi connectivity index (χ1) is 18.0. The van der Waals surface area contributed by atoms with Crippen molar-refractivity contribution in [2.75, 3.05) is 12.9 Å². The monoisotopic (exact) mass is 535 g/mol. The molecule has 1 atom stereocenters. The van der Waals surface area contributed by atoms with E-state index < -0.39 is 27.5 Å². The summed E-state index contributed by atoms with van der Waals surface area (Å²) in [4.78, 5) is 25.2. The highest BCUT2D eigenvalue weighted by Crippen LogP contribution is 2.35. The summed E-state index contributed by atoms with van der Waals surface area (Å²) in [7, 11) is -3.41. The molecular weight excluding hydrogens is 509 g/mol. The standard InChI is InChI=1S/C29H26FNO6S/c1-19-26(27(29(33)34)16-23(32)18-37-24-6-4-3-5-7-24)17-28(31(19)22-12-10-21(30)11-13-22)20-8-14-25(15-9-20)38(2,35)36/h3-15,17,27H,16,18H2,1-2H3,(H,33,34). The van der Waals surface area contributed by atoms with Crippen molar-refractivity contribution in [3.05, 3.63) is 102 Å². The van der Waals surface area contributed by atoms with Gasteiger partial charge in [0.15, 0.2) is 15.6 Å². The zero-order chi connectivity index (χ0) is 27.4. The summed E-state index contributed by atoms with van der Waals surface area (Å²) in [5.74, 6) is -2.63. The van der Waals surface area contributed by atoms with E-state index in [-0.39, 0.29) is 23.7 Å². The molecule has 1 N–H and O–H groups in total. The summed E-state index contributed by atoms with van der Waals surface area (Å²) in [5, 5.41) is 10.1. The minimum Gasteiger partial charge on any atom is -0.486 e. The van der Waals surface area contributed by atoms with E-state index in [2.05, 4.69) is 0 Å². The first kappa shape index (κ1) is 26.8. The second-order valence-corrected chi connectivity index (χ2v) is 10.9. The van der Waals surface area contributed by atoms with Gasteiger partial charge >= 0.3 is 5.97 Å². The number of carbonyl (C=O) groups excluding carboxylic acids is 1. The Morgan fingerprint density at radius 1 is 0.974 bits per heavy atom. The third kappa shape index (κ3) is 6.00. The van der Waals surface area contributed by atoms with Gasteiger partial charge in [-0.3, -0.25) is 9.59 Å². The smallest absolute Gasteiger partial charge is 0.311 e. The van der Waals surface area contributed by atoms with E-state index in [1.54, 1.807) is 66.1 Å². The molecule has 9 heteroatoms. The summed E-state index contributed by atoms with van der Waals surface area (Å²) in [6.45, 7) is 1.46. The lowest BCUT2D eigenvalue weighted by Crippen LogP contribution is -2.20. The minimum atomic E-state index is -3.41. The van der Waals surface area contributed by atoms with Crippen molar-refractivity contribution in [1.29, 1.82) is 0 Å². The van der Waals surface area contributed by atoms with Crippen LogP contribution in [0.1, 0.15) is 23.6 Å². The van der Waals surface area contributed by atoms with Crippen LogP contribution in [-0.4, -0.2) is 42.7 Å². The third-order valence-corrected chi connectivity index (χ3v) is 7.33. The van der Waals surface area contributed by atoms with Gasteiger partial charge in [0, 0.05) is 24.1 Å². The SMILES string of the molecule is Cc1c(C(CC(=O)COc2ccccc2)C(=O)O)cc(-c2ccc(S(C)(=O)=O)cc2)n1-c1ccc(F)cc1. The molecular formula is C29H26FNO6S. The Bertz CT molecular complexity index is 1560. The highest BCUT2D eigenvalue weighted by atomic mass is 32.2. The Morgan fingerprint density at radius 3 is 2.18 bits per heavy atom. The lowest BCUT2D eigenvalue weighted by molar-refractivity contribution is -0.140. The van der Waals surface area contributed by atoms with Crippen molar-refractivity contribution in [3.63, 3.8) is 0 Å². The average Bonchev–Trinajstić information content (AvgIpc) is 3.23. The maximum absolute atomic E-state index is 13.7. The van der Waals surface area contributed by atoms with E-state index in [0.29, 0.717) is 34.0 Å². The van der Waals surface area contributed by atoms with Gasteiger partial charge in [-0.1, -0.05) is 30.3 Å². The molecule has 0 spiro atoms. The maximum Gasteiger partial charge on any atom is 0.311 e. The van der Waals surface area contributed by atoms with Gasteiger partial charge < -0.3 is 14.4 Å². The van der Waals surface area contributed by atoms with Gasteiger partial charge in [0.25, 0.3) is 0 Å². The van der Waals surface area contributed by atoms with Crippen molar-refractivity contribution in [1.82, 2.24) is 4.57 Å². The Labute approximate surface area is 220 Å². The van der Waals surface area contributed by atoms with E-state index in [4.69, 9.17) is 4.74 Å². The number of aliphatic carboxylic acids is 1. The van der Waals surface area contributed by atoms with Crippen LogP contribution in [0.3, 0.4) is 0 Å². The summed E-state index contributed by atoms with van der Waals surface area (Å²) in [5.41, 5.74) is 2.75. The Morgan fingerprint density at radius 2 is 1.61 bits per heavy atom. The average molecular weight is 536 g/mol. The van der Waals surface area contributed by atoms with E-state index >= 15 is 0 Å². The molecule has 196 valence electrons. The number of hydrogen-bond donors (Lipinski definition) is 1. The maximum atomic E-state index is 13.7. The van der Waals surface area contributed by atoms with Gasteiger partial charge in [-0.05, 0) is 72.6 Å². The predicted octanol–water partition coefficient (Wildman–Crippen LogP) is 5.20. The molecule has 0 aliphatic rings. The number of para-hydroxylation sites is 1. The molecule has 4 aromatic rings. The van der Waals surface area contributed by atoms with Crippen LogP contribution in [0.25, 0.3) is 16.9 Å². The number of carboxylic acid groups (broad SMARTS) is 1. The Balaban J connectivity index is 1.73. The number of carboxylic acids is 1. The summed E-state index contributed by atoms with van der Waals surface area (Å²) >= 11 is 0. The quantitative estimate of drug-likeness (QED) is 0.299. The molecule has 0 amide bonds. The minimum absolute atomic E-state index is 0.144. The van der Waals surface area contributed by atoms with Gasteiger partial charge in [-0.25, -0.2) is 12.8 Å². The van der Waals surface area contributed by atoms with E-state index in [1.807, 2.05) is 6.07 Å². The zero-order valence-electron chi connectivity index (χ0n) is 20.8. The molecule has 1 unspecified atom stereocenters. The van der Waals surface area contributed by atoms with E-state index in [9.17, 15) is 27.5 Å². The molecule has 0 aliphatic heterocycles. The second-order valence-electron chi connectivity index (χ2n) is 8.91. The number of nitrogens with zero attached hydrogens (tertiary/aromatic N) is 1. The molecule has 38 heavy (non-hydrogen) atoms. The molecule has 0 bridgehead atoms. The van der Waals surface area contributed by atoms with Crippen LogP contribution >= 0.6 is 0 Å². The van der Waals surface area contributed by atoms with Crippen molar-refractivity contribution in [2.45, 2.75) is 24.2 Å². The Hall–Kier alpha value is -4.24. The number of ketones is 1. The molecule has 4 rings (SSSR count). The van der Waals surface area contributed by atoms with Crippen LogP contribution < -0.4 is 4.74 Å². The number of hydrogen-bond acceptors (Lipinski definition) is 5. The number of rotatable bonds is 10. The van der Waals surface area contributed by atoms with Gasteiger partial charge in [0.1, 0.15) is 18.2 Å². The fraction of sp³-hybridized carbons (Fsp3) is 0.172. The molecule has 0 saturated heterocycles. The number of aromatic nitrogens is 1. The fourth-order valence-corrected chi connectivity index (χ4v) is 4.91. The first-order valence-electron chi connectivity index (χ1n) is 11.8. The third-order valence-electron chi connectivity index (χ3n) is 6.20. The normalized spacial score (nSPS) is 12.2. The highest BCUT2D eigenvalue weighted by molar-refractivity contribution is 7.90. The van der Waals surface area contributed by atoms with Gasteiger partial charge in [0.05, 0.1) is 16.5 Å². The second kappa shape index (κ2) is 11.0. The van der Waals surface area contributed by atoms with Crippen molar-refractivity contribution in [2.24, 2.45) is 0 Å². The molecule has 0 aliphatic carbocycles. The van der Waals surface area contributed by atoms with Crippen molar-refractivity contribution >= 4 is 21.6 Å². The van der Waals surface area contributed by atoms with E-state index in [0.717, 1.165) is 6.26 Å². The number of carbonyl (C=O) groups is 2. The molecule has 3 aromatic carbocycles. The Kier molecular flexibility index (Phi) is 7.78. The molecule has 1 aromatic heterocycles. The largest absolute Gasteiger partial charge is 0.486 e. The van der Waals surface area contributed by atoms with Gasteiger partial charge in [0.2, 0.25) is 0 Å². The fourth-order valence-electron chi connectivity index (χ4n) is 4.28. The van der Waals surface area contributed by atoms with Crippen LogP contribution in [0.2, 0.25) is 0 Å². The number of ether oxygens (including phenoxy) is 1. The van der Waals surface area contributed by atoms with Crippen LogP contribution in [-0.2, 0) is 19.4 Å². The molecule has 0 saturated carbocycles. The lowest BCUT2D eigenvalue weighted by atomic mass is 9.93. The van der Waals surface area contributed by atoms with Crippen LogP contribution in [0.5, 0.6) is 5.75 Å². The highest BCUT2D eigenvalue weighted by Gasteiger charge is 2.29. The number of Topliss-reactive ketones (excluding diaryl/α,β-unsaturated/α-hetero) is 1.